The van der Waals surface area contributed by atoms with E-state index in [1.165, 1.54) is 0 Å². The van der Waals surface area contributed by atoms with Gasteiger partial charge in [-0.15, -0.1) is 0 Å². The van der Waals surface area contributed by atoms with E-state index in [2.05, 4.69) is 26.1 Å². The van der Waals surface area contributed by atoms with Gasteiger partial charge in [-0.25, -0.2) is 0 Å². The number of aromatic nitrogens is 4. The number of halogens is 1. The molecule has 0 fully saturated rings. The van der Waals surface area contributed by atoms with Crippen LogP contribution in [0, 0.1) is 0 Å². The first-order chi connectivity index (χ1) is 9.13. The molecule has 19 heavy (non-hydrogen) atoms. The highest BCUT2D eigenvalue weighted by molar-refractivity contribution is 9.10. The van der Waals surface area contributed by atoms with Crippen molar-refractivity contribution in [1.29, 1.82) is 0 Å². The third kappa shape index (κ3) is 3.04. The molecule has 0 aliphatic carbocycles. The highest BCUT2D eigenvalue weighted by Gasteiger charge is 2.19. The summed E-state index contributed by atoms with van der Waals surface area (Å²) in [5, 5.41) is 8.27. The lowest BCUT2D eigenvalue weighted by Crippen LogP contribution is -2.32. The summed E-state index contributed by atoms with van der Waals surface area (Å²) < 4.78 is 4.22. The third-order valence-electron chi connectivity index (χ3n) is 2.87. The Bertz CT molecular complexity index is 548. The van der Waals surface area contributed by atoms with Crippen LogP contribution in [0.25, 0.3) is 0 Å². The van der Waals surface area contributed by atoms with E-state index in [0.29, 0.717) is 25.3 Å². The molecule has 0 spiro atoms. The lowest BCUT2D eigenvalue weighted by atomic mass is 10.3. The van der Waals surface area contributed by atoms with Crippen LogP contribution in [-0.2, 0) is 13.1 Å². The molecule has 0 aromatic carbocycles. The summed E-state index contributed by atoms with van der Waals surface area (Å²) in [6.07, 6.45) is 5.26. The number of aryl methyl sites for hydroxylation is 1. The average Bonchev–Trinajstić information content (AvgIpc) is 3.04. The van der Waals surface area contributed by atoms with E-state index in [-0.39, 0.29) is 5.91 Å². The van der Waals surface area contributed by atoms with Gasteiger partial charge in [-0.05, 0) is 28.9 Å². The van der Waals surface area contributed by atoms with Crippen molar-refractivity contribution in [2.75, 3.05) is 13.6 Å². The van der Waals surface area contributed by atoms with E-state index < -0.39 is 0 Å². The smallest absolute Gasteiger partial charge is 0.273 e. The molecule has 0 N–H and O–H groups in total. The number of likely N-dealkylation sites (N-methyl/N-ethyl adjacent to an activating group) is 1. The Morgan fingerprint density at radius 2 is 2.26 bits per heavy atom. The van der Waals surface area contributed by atoms with Crippen LogP contribution >= 0.6 is 15.9 Å². The maximum atomic E-state index is 12.4. The van der Waals surface area contributed by atoms with Gasteiger partial charge < -0.3 is 4.90 Å². The average molecular weight is 326 g/mol. The summed E-state index contributed by atoms with van der Waals surface area (Å²) >= 11 is 3.37. The molecular formula is C12H16BrN5O. The van der Waals surface area contributed by atoms with E-state index in [0.717, 1.165) is 4.47 Å². The van der Waals surface area contributed by atoms with E-state index in [4.69, 9.17) is 0 Å². The quantitative estimate of drug-likeness (QED) is 0.839. The Labute approximate surface area is 120 Å². The molecule has 0 saturated heterocycles. The Hall–Kier alpha value is -1.63. The monoisotopic (exact) mass is 325 g/mol. The zero-order chi connectivity index (χ0) is 13.8. The van der Waals surface area contributed by atoms with Crippen molar-refractivity contribution >= 4 is 21.8 Å². The summed E-state index contributed by atoms with van der Waals surface area (Å²) in [6, 6.07) is 1.87. The van der Waals surface area contributed by atoms with Crippen molar-refractivity contribution in [3.8, 4) is 0 Å². The van der Waals surface area contributed by atoms with Crippen LogP contribution in [0.15, 0.2) is 29.1 Å². The second-order valence-corrected chi connectivity index (χ2v) is 5.01. The molecule has 2 heterocycles. The van der Waals surface area contributed by atoms with Gasteiger partial charge in [-0.1, -0.05) is 0 Å². The molecule has 0 atom stereocenters. The van der Waals surface area contributed by atoms with E-state index in [9.17, 15) is 4.79 Å². The van der Waals surface area contributed by atoms with E-state index in [1.54, 1.807) is 33.7 Å². The zero-order valence-corrected chi connectivity index (χ0v) is 12.5. The number of carbonyl (C=O) groups excluding carboxylic acids is 1. The second-order valence-electron chi connectivity index (χ2n) is 4.15. The van der Waals surface area contributed by atoms with Crippen molar-refractivity contribution < 1.29 is 4.79 Å². The molecule has 7 heteroatoms. The SMILES string of the molecule is CCn1ncc(Br)c1C(=O)N(C)CCn1cccn1. The van der Waals surface area contributed by atoms with E-state index in [1.807, 2.05) is 19.2 Å². The lowest BCUT2D eigenvalue weighted by molar-refractivity contribution is 0.0776. The normalized spacial score (nSPS) is 10.7. The minimum Gasteiger partial charge on any atom is -0.338 e. The first-order valence-electron chi connectivity index (χ1n) is 6.07. The van der Waals surface area contributed by atoms with Crippen molar-refractivity contribution in [2.45, 2.75) is 20.0 Å². The Morgan fingerprint density at radius 1 is 1.47 bits per heavy atom. The first-order valence-corrected chi connectivity index (χ1v) is 6.87. The third-order valence-corrected chi connectivity index (χ3v) is 3.45. The number of rotatable bonds is 5. The minimum atomic E-state index is -0.0432. The van der Waals surface area contributed by atoms with Crippen LogP contribution < -0.4 is 0 Å². The highest BCUT2D eigenvalue weighted by atomic mass is 79.9. The Balaban J connectivity index is 2.04. The van der Waals surface area contributed by atoms with Crippen molar-refractivity contribution in [3.63, 3.8) is 0 Å². The molecule has 0 radical (unpaired) electrons. The number of nitrogens with zero attached hydrogens (tertiary/aromatic N) is 5. The van der Waals surface area contributed by atoms with Crippen LogP contribution in [0.4, 0.5) is 0 Å². The second kappa shape index (κ2) is 6.01. The molecule has 2 aromatic heterocycles. The summed E-state index contributed by atoms with van der Waals surface area (Å²) in [4.78, 5) is 14.0. The van der Waals surface area contributed by atoms with Crippen LogP contribution in [0.1, 0.15) is 17.4 Å². The van der Waals surface area contributed by atoms with Crippen molar-refractivity contribution in [2.24, 2.45) is 0 Å². The number of carbonyl (C=O) groups is 1. The van der Waals surface area contributed by atoms with E-state index >= 15 is 0 Å². The van der Waals surface area contributed by atoms with Gasteiger partial charge in [-0.2, -0.15) is 10.2 Å². The summed E-state index contributed by atoms with van der Waals surface area (Å²) in [6.45, 7) is 3.90. The van der Waals surface area contributed by atoms with Gasteiger partial charge in [0.05, 0.1) is 17.2 Å². The van der Waals surface area contributed by atoms with Crippen LogP contribution in [0.3, 0.4) is 0 Å². The molecule has 2 aromatic rings. The fourth-order valence-electron chi connectivity index (χ4n) is 1.78. The van der Waals surface area contributed by atoms with Gasteiger partial charge in [0.1, 0.15) is 5.69 Å². The fraction of sp³-hybridized carbons (Fsp3) is 0.417. The summed E-state index contributed by atoms with van der Waals surface area (Å²) in [7, 11) is 1.78. The van der Waals surface area contributed by atoms with Gasteiger partial charge in [0, 0.05) is 32.5 Å². The highest BCUT2D eigenvalue weighted by Crippen LogP contribution is 2.17. The maximum absolute atomic E-state index is 12.4. The lowest BCUT2D eigenvalue weighted by Gasteiger charge is -2.17. The van der Waals surface area contributed by atoms with Gasteiger partial charge in [0.25, 0.3) is 5.91 Å². The van der Waals surface area contributed by atoms with Crippen LogP contribution in [-0.4, -0.2) is 44.0 Å². The molecule has 0 aliphatic heterocycles. The predicted molar refractivity (Wildman–Crippen MR) is 74.8 cm³/mol. The zero-order valence-electron chi connectivity index (χ0n) is 11.0. The molecule has 6 nitrogen and oxygen atoms in total. The standard InChI is InChI=1S/C12H16BrN5O/c1-3-18-11(10(13)9-15-18)12(19)16(2)7-8-17-6-4-5-14-17/h4-6,9H,3,7-8H2,1-2H3. The molecule has 2 rings (SSSR count). The van der Waals surface area contributed by atoms with Gasteiger partial charge >= 0.3 is 0 Å². The summed E-state index contributed by atoms with van der Waals surface area (Å²) in [5.41, 5.74) is 0.588. The first kappa shape index (κ1) is 13.8. The topological polar surface area (TPSA) is 56.0 Å². The van der Waals surface area contributed by atoms with Gasteiger partial charge in [0.15, 0.2) is 0 Å². The molecule has 0 bridgehead atoms. The Morgan fingerprint density at radius 3 is 2.89 bits per heavy atom. The maximum Gasteiger partial charge on any atom is 0.273 e. The molecule has 0 saturated carbocycles. The molecule has 0 unspecified atom stereocenters. The van der Waals surface area contributed by atoms with Crippen molar-refractivity contribution in [1.82, 2.24) is 24.5 Å². The van der Waals surface area contributed by atoms with Crippen LogP contribution in [0.2, 0.25) is 0 Å². The van der Waals surface area contributed by atoms with Crippen molar-refractivity contribution in [3.05, 3.63) is 34.8 Å². The largest absolute Gasteiger partial charge is 0.338 e. The minimum absolute atomic E-state index is 0.0432. The molecule has 0 aliphatic rings. The fourth-order valence-corrected chi connectivity index (χ4v) is 2.25. The number of hydrogen-bond acceptors (Lipinski definition) is 3. The van der Waals surface area contributed by atoms with Gasteiger partial charge in [-0.3, -0.25) is 14.2 Å². The molecular weight excluding hydrogens is 310 g/mol. The predicted octanol–water partition coefficient (Wildman–Crippen LogP) is 1.63. The van der Waals surface area contributed by atoms with Gasteiger partial charge in [0.2, 0.25) is 0 Å². The molecule has 102 valence electrons. The number of amides is 1. The summed E-state index contributed by atoms with van der Waals surface area (Å²) in [5.74, 6) is -0.0432. The van der Waals surface area contributed by atoms with Crippen LogP contribution in [0.5, 0.6) is 0 Å². The Kier molecular flexibility index (Phi) is 4.36. The number of hydrogen-bond donors (Lipinski definition) is 0. The molecule has 1 amide bonds.